The lowest BCUT2D eigenvalue weighted by atomic mass is 10.0. The van der Waals surface area contributed by atoms with Gasteiger partial charge in [-0.15, -0.1) is 24.0 Å². The van der Waals surface area contributed by atoms with E-state index >= 15 is 0 Å². The molecule has 0 spiro atoms. The summed E-state index contributed by atoms with van der Waals surface area (Å²) < 4.78 is 16.7. The van der Waals surface area contributed by atoms with E-state index in [1.54, 1.807) is 7.11 Å². The molecule has 0 aliphatic carbocycles. The molecule has 2 aliphatic rings. The molecular weight excluding hydrogens is 507 g/mol. The van der Waals surface area contributed by atoms with Crippen molar-refractivity contribution in [1.82, 2.24) is 15.5 Å². The van der Waals surface area contributed by atoms with Crippen LogP contribution in [-0.4, -0.2) is 76.6 Å². The maximum Gasteiger partial charge on any atom is 0.191 e. The molecule has 1 aromatic carbocycles. The van der Waals surface area contributed by atoms with Gasteiger partial charge < -0.3 is 29.7 Å². The molecule has 2 fully saturated rings. The molecule has 1 atom stereocenters. The predicted molar refractivity (Wildman–Crippen MR) is 136 cm³/mol. The Hall–Kier alpha value is -1.10. The molecule has 0 bridgehead atoms. The van der Waals surface area contributed by atoms with Crippen LogP contribution in [0, 0.1) is 5.92 Å². The van der Waals surface area contributed by atoms with Gasteiger partial charge in [0.2, 0.25) is 0 Å². The highest BCUT2D eigenvalue weighted by atomic mass is 127. The topological polar surface area (TPSA) is 67.4 Å². The van der Waals surface area contributed by atoms with Gasteiger partial charge in [-0.2, -0.15) is 0 Å². The molecule has 2 saturated heterocycles. The highest BCUT2D eigenvalue weighted by Crippen LogP contribution is 2.18. The average Bonchev–Trinajstić information content (AvgIpc) is 3.28. The zero-order valence-corrected chi connectivity index (χ0v) is 21.3. The Kier molecular flexibility index (Phi) is 12.5. The minimum Gasteiger partial charge on any atom is -0.496 e. The summed E-state index contributed by atoms with van der Waals surface area (Å²) in [6, 6.07) is 8.43. The Morgan fingerprint density at radius 1 is 1.23 bits per heavy atom. The van der Waals surface area contributed by atoms with Gasteiger partial charge >= 0.3 is 0 Å². The molecule has 0 radical (unpaired) electrons. The Morgan fingerprint density at radius 2 is 2.03 bits per heavy atom. The van der Waals surface area contributed by atoms with Crippen molar-refractivity contribution < 1.29 is 14.2 Å². The summed E-state index contributed by atoms with van der Waals surface area (Å²) in [6.45, 7) is 10.1. The number of nitrogens with zero attached hydrogens (tertiary/aromatic N) is 2. The number of rotatable bonds is 10. The van der Waals surface area contributed by atoms with Gasteiger partial charge in [0.25, 0.3) is 0 Å². The molecule has 2 heterocycles. The van der Waals surface area contributed by atoms with Crippen molar-refractivity contribution >= 4 is 29.9 Å². The van der Waals surface area contributed by atoms with Crippen LogP contribution in [0.15, 0.2) is 29.3 Å². The van der Waals surface area contributed by atoms with E-state index < -0.39 is 0 Å². The molecule has 176 valence electrons. The second-order valence-corrected chi connectivity index (χ2v) is 8.07. The summed E-state index contributed by atoms with van der Waals surface area (Å²) in [5, 5.41) is 6.97. The molecule has 31 heavy (non-hydrogen) atoms. The minimum absolute atomic E-state index is 0. The second-order valence-electron chi connectivity index (χ2n) is 8.07. The molecule has 8 heteroatoms. The summed E-state index contributed by atoms with van der Waals surface area (Å²) in [4.78, 5) is 7.28. The molecule has 1 unspecified atom stereocenters. The van der Waals surface area contributed by atoms with E-state index in [0.717, 1.165) is 68.9 Å². The molecule has 0 saturated carbocycles. The van der Waals surface area contributed by atoms with E-state index in [0.29, 0.717) is 25.8 Å². The number of guanidine groups is 1. The molecule has 0 amide bonds. The molecule has 2 aliphatic heterocycles. The van der Waals surface area contributed by atoms with E-state index in [1.165, 1.54) is 13.0 Å². The van der Waals surface area contributed by atoms with Crippen LogP contribution < -0.4 is 15.4 Å². The van der Waals surface area contributed by atoms with Gasteiger partial charge in [-0.1, -0.05) is 18.2 Å². The average molecular weight is 546 g/mol. The van der Waals surface area contributed by atoms with Crippen LogP contribution in [0.2, 0.25) is 0 Å². The highest BCUT2D eigenvalue weighted by Gasteiger charge is 2.24. The lowest BCUT2D eigenvalue weighted by Gasteiger charge is -2.34. The normalized spacial score (nSPS) is 20.3. The fraction of sp³-hybridized carbons (Fsp3) is 0.696. The number of piperidine rings is 1. The van der Waals surface area contributed by atoms with Gasteiger partial charge in [-0.25, -0.2) is 0 Å². The minimum atomic E-state index is 0. The van der Waals surface area contributed by atoms with Gasteiger partial charge in [-0.3, -0.25) is 4.99 Å². The van der Waals surface area contributed by atoms with Crippen LogP contribution in [0.3, 0.4) is 0 Å². The quantitative estimate of drug-likeness (QED) is 0.204. The van der Waals surface area contributed by atoms with Gasteiger partial charge in [0.05, 0.1) is 33.5 Å². The lowest BCUT2D eigenvalue weighted by molar-refractivity contribution is 0.126. The van der Waals surface area contributed by atoms with E-state index in [-0.39, 0.29) is 24.0 Å². The smallest absolute Gasteiger partial charge is 0.191 e. The number of para-hydroxylation sites is 1. The van der Waals surface area contributed by atoms with Crippen LogP contribution in [0.4, 0.5) is 0 Å². The van der Waals surface area contributed by atoms with Crippen molar-refractivity contribution in [2.24, 2.45) is 10.9 Å². The highest BCUT2D eigenvalue weighted by molar-refractivity contribution is 14.0. The first-order valence-electron chi connectivity index (χ1n) is 11.3. The molecular formula is C23H39IN4O3. The number of ether oxygens (including phenoxy) is 3. The monoisotopic (exact) mass is 546 g/mol. The zero-order valence-electron chi connectivity index (χ0n) is 19.0. The number of nitrogens with one attached hydrogen (secondary N) is 2. The predicted octanol–water partition coefficient (Wildman–Crippen LogP) is 2.89. The SMILES string of the molecule is CCNC(=NCCOCc1ccccc1OC)NC1CCN(CC2CCOC2)CC1.I. The summed E-state index contributed by atoms with van der Waals surface area (Å²) in [5.41, 5.74) is 1.06. The van der Waals surface area contributed by atoms with Gasteiger partial charge in [0.15, 0.2) is 5.96 Å². The van der Waals surface area contributed by atoms with Crippen LogP contribution in [0.25, 0.3) is 0 Å². The number of methoxy groups -OCH3 is 1. The largest absolute Gasteiger partial charge is 0.496 e. The molecule has 2 N–H and O–H groups in total. The van der Waals surface area contributed by atoms with Crippen LogP contribution >= 0.6 is 24.0 Å². The Bertz CT molecular complexity index is 647. The maximum absolute atomic E-state index is 5.80. The third kappa shape index (κ3) is 9.11. The molecule has 0 aromatic heterocycles. The number of aliphatic imine (C=N–C) groups is 1. The first kappa shape index (κ1) is 26.2. The summed E-state index contributed by atoms with van der Waals surface area (Å²) in [7, 11) is 1.69. The third-order valence-corrected chi connectivity index (χ3v) is 5.77. The van der Waals surface area contributed by atoms with E-state index in [4.69, 9.17) is 19.2 Å². The number of likely N-dealkylation sites (tertiary alicyclic amines) is 1. The van der Waals surface area contributed by atoms with Crippen molar-refractivity contribution in [3.05, 3.63) is 29.8 Å². The van der Waals surface area contributed by atoms with E-state index in [1.807, 2.05) is 24.3 Å². The summed E-state index contributed by atoms with van der Waals surface area (Å²) in [6.07, 6.45) is 3.53. The van der Waals surface area contributed by atoms with Crippen LogP contribution in [0.1, 0.15) is 31.7 Å². The van der Waals surface area contributed by atoms with E-state index in [2.05, 4.69) is 22.5 Å². The number of hydrogen-bond acceptors (Lipinski definition) is 5. The van der Waals surface area contributed by atoms with Crippen molar-refractivity contribution in [2.45, 2.75) is 38.8 Å². The zero-order chi connectivity index (χ0) is 21.0. The first-order valence-corrected chi connectivity index (χ1v) is 11.3. The lowest BCUT2D eigenvalue weighted by Crippen LogP contribution is -2.49. The molecule has 3 rings (SSSR count). The van der Waals surface area contributed by atoms with E-state index in [9.17, 15) is 0 Å². The third-order valence-electron chi connectivity index (χ3n) is 5.77. The van der Waals surface area contributed by atoms with Crippen LogP contribution in [0.5, 0.6) is 5.75 Å². The summed E-state index contributed by atoms with van der Waals surface area (Å²) >= 11 is 0. The molecule has 7 nitrogen and oxygen atoms in total. The fourth-order valence-electron chi connectivity index (χ4n) is 4.09. The Labute approximate surface area is 204 Å². The number of hydrogen-bond donors (Lipinski definition) is 2. The van der Waals surface area contributed by atoms with Crippen molar-refractivity contribution in [3.8, 4) is 5.75 Å². The maximum atomic E-state index is 5.80. The van der Waals surface area contributed by atoms with Gasteiger partial charge in [0.1, 0.15) is 5.75 Å². The molecule has 1 aromatic rings. The van der Waals surface area contributed by atoms with Crippen molar-refractivity contribution in [3.63, 3.8) is 0 Å². The Balaban J connectivity index is 0.00000341. The standard InChI is InChI=1S/C23H38N4O3.HI/c1-3-24-23(25-11-15-30-18-20-6-4-5-7-22(20)28-2)26-21-8-12-27(13-9-21)16-19-10-14-29-17-19;/h4-7,19,21H,3,8-18H2,1-2H3,(H2,24,25,26);1H. The summed E-state index contributed by atoms with van der Waals surface area (Å²) in [5.74, 6) is 2.48. The second kappa shape index (κ2) is 14.9. The fourth-order valence-corrected chi connectivity index (χ4v) is 4.09. The van der Waals surface area contributed by atoms with Crippen molar-refractivity contribution in [2.75, 3.05) is 59.7 Å². The van der Waals surface area contributed by atoms with Gasteiger partial charge in [-0.05, 0) is 38.2 Å². The number of halogens is 1. The first-order chi connectivity index (χ1) is 14.8. The number of benzene rings is 1. The van der Waals surface area contributed by atoms with Crippen LogP contribution in [-0.2, 0) is 16.1 Å². The van der Waals surface area contributed by atoms with Crippen molar-refractivity contribution in [1.29, 1.82) is 0 Å². The Morgan fingerprint density at radius 3 is 2.74 bits per heavy atom. The van der Waals surface area contributed by atoms with Gasteiger partial charge in [0, 0.05) is 44.4 Å².